The number of rotatable bonds is 6. The molecule has 0 saturated carbocycles. The summed E-state index contributed by atoms with van der Waals surface area (Å²) in [5.74, 6) is -2.00. The Hall–Kier alpha value is -3.81. The lowest BCUT2D eigenvalue weighted by atomic mass is 10.1. The van der Waals surface area contributed by atoms with E-state index in [9.17, 15) is 14.0 Å². The van der Waals surface area contributed by atoms with E-state index in [0.717, 1.165) is 5.56 Å². The zero-order valence-corrected chi connectivity index (χ0v) is 14.9. The number of nitrogens with two attached hydrogens (primary N) is 2. The van der Waals surface area contributed by atoms with Gasteiger partial charge in [0.25, 0.3) is 11.8 Å². The molecule has 0 radical (unpaired) electrons. The van der Waals surface area contributed by atoms with Crippen LogP contribution in [-0.4, -0.2) is 21.8 Å². The molecule has 0 fully saturated rings. The maximum absolute atomic E-state index is 14.1. The lowest BCUT2D eigenvalue weighted by molar-refractivity contribution is 0.0945. The van der Waals surface area contributed by atoms with Crippen LogP contribution in [0.2, 0.25) is 0 Å². The van der Waals surface area contributed by atoms with Crippen LogP contribution in [0.15, 0.2) is 54.7 Å². The number of amides is 2. The largest absolute Gasteiger partial charge is 0.382 e. The van der Waals surface area contributed by atoms with E-state index in [1.165, 1.54) is 24.4 Å². The predicted octanol–water partition coefficient (Wildman–Crippen LogP) is 1.82. The fourth-order valence-corrected chi connectivity index (χ4v) is 2.64. The van der Waals surface area contributed by atoms with Crippen molar-refractivity contribution in [1.82, 2.24) is 15.3 Å². The van der Waals surface area contributed by atoms with Crippen LogP contribution in [0.5, 0.6) is 0 Å². The second-order valence-electron chi connectivity index (χ2n) is 6.12. The minimum absolute atomic E-state index is 0.0589. The molecule has 0 unspecified atom stereocenters. The van der Waals surface area contributed by atoms with Gasteiger partial charge in [0.15, 0.2) is 11.5 Å². The first-order chi connectivity index (χ1) is 13.4. The number of primary amides is 1. The summed E-state index contributed by atoms with van der Waals surface area (Å²) in [7, 11) is 0. The third-order valence-electron chi connectivity index (χ3n) is 4.04. The molecule has 0 aliphatic rings. The third-order valence-corrected chi connectivity index (χ3v) is 4.04. The van der Waals surface area contributed by atoms with Gasteiger partial charge in [-0.1, -0.05) is 36.4 Å². The molecule has 2 amide bonds. The van der Waals surface area contributed by atoms with E-state index in [-0.39, 0.29) is 30.0 Å². The fourth-order valence-electron chi connectivity index (χ4n) is 2.64. The highest BCUT2D eigenvalue weighted by Gasteiger charge is 2.14. The Morgan fingerprint density at radius 3 is 2.54 bits per heavy atom. The van der Waals surface area contributed by atoms with Gasteiger partial charge in [-0.15, -0.1) is 0 Å². The van der Waals surface area contributed by atoms with Crippen LogP contribution in [0.25, 0.3) is 0 Å². The molecule has 1 aromatic heterocycles. The van der Waals surface area contributed by atoms with Crippen molar-refractivity contribution < 1.29 is 14.0 Å². The monoisotopic (exact) mass is 379 g/mol. The Balaban J connectivity index is 1.77. The van der Waals surface area contributed by atoms with Gasteiger partial charge in [-0.05, 0) is 23.3 Å². The van der Waals surface area contributed by atoms with Gasteiger partial charge in [0.05, 0.1) is 17.5 Å². The van der Waals surface area contributed by atoms with E-state index in [1.807, 2.05) is 30.3 Å². The van der Waals surface area contributed by atoms with Gasteiger partial charge in [-0.3, -0.25) is 9.59 Å². The van der Waals surface area contributed by atoms with E-state index >= 15 is 0 Å². The Morgan fingerprint density at radius 1 is 1.07 bits per heavy atom. The van der Waals surface area contributed by atoms with E-state index in [2.05, 4.69) is 15.3 Å². The van der Waals surface area contributed by atoms with Gasteiger partial charge in [-0.2, -0.15) is 0 Å². The number of halogens is 1. The summed E-state index contributed by atoms with van der Waals surface area (Å²) in [6.45, 7) is 0.286. The van der Waals surface area contributed by atoms with Crippen LogP contribution >= 0.6 is 0 Å². The average molecular weight is 379 g/mol. The number of carbonyl (C=O) groups excluding carboxylic acids is 2. The number of aromatic nitrogens is 2. The Morgan fingerprint density at radius 2 is 1.82 bits per heavy atom. The lowest BCUT2D eigenvalue weighted by Gasteiger charge is -2.09. The van der Waals surface area contributed by atoms with Crippen molar-refractivity contribution in [3.8, 4) is 0 Å². The highest BCUT2D eigenvalue weighted by molar-refractivity contribution is 5.95. The number of hydrogen-bond donors (Lipinski definition) is 3. The Labute approximate surface area is 160 Å². The van der Waals surface area contributed by atoms with Crippen molar-refractivity contribution in [2.45, 2.75) is 13.0 Å². The highest BCUT2D eigenvalue weighted by atomic mass is 19.1. The van der Waals surface area contributed by atoms with E-state index in [0.29, 0.717) is 11.3 Å². The minimum atomic E-state index is -0.785. The summed E-state index contributed by atoms with van der Waals surface area (Å²) >= 11 is 0. The van der Waals surface area contributed by atoms with Gasteiger partial charge >= 0.3 is 0 Å². The van der Waals surface area contributed by atoms with Crippen LogP contribution < -0.4 is 16.8 Å². The summed E-state index contributed by atoms with van der Waals surface area (Å²) in [6.07, 6.45) is 1.63. The summed E-state index contributed by atoms with van der Waals surface area (Å²) in [4.78, 5) is 31.7. The van der Waals surface area contributed by atoms with E-state index in [4.69, 9.17) is 11.5 Å². The maximum atomic E-state index is 14.1. The molecule has 7 nitrogen and oxygen atoms in total. The number of nitrogens with zero attached hydrogens (tertiary/aromatic N) is 2. The number of carbonyl (C=O) groups is 2. The van der Waals surface area contributed by atoms with Crippen LogP contribution in [-0.2, 0) is 13.0 Å². The van der Waals surface area contributed by atoms with Crippen molar-refractivity contribution in [1.29, 1.82) is 0 Å². The molecule has 0 atom stereocenters. The minimum Gasteiger partial charge on any atom is -0.382 e. The molecule has 0 saturated heterocycles. The molecule has 142 valence electrons. The SMILES string of the molecule is NC(=O)c1nc(Cc2ccc(F)c(C(=O)NCc3ccccc3)c2)cnc1N. The van der Waals surface area contributed by atoms with Crippen LogP contribution in [0.1, 0.15) is 37.7 Å². The fraction of sp³-hybridized carbons (Fsp3) is 0.100. The molecule has 0 spiro atoms. The smallest absolute Gasteiger partial charge is 0.271 e. The van der Waals surface area contributed by atoms with E-state index in [1.54, 1.807) is 0 Å². The summed E-state index contributed by atoms with van der Waals surface area (Å²) in [5.41, 5.74) is 12.5. The molecule has 3 aromatic rings. The van der Waals surface area contributed by atoms with Gasteiger partial charge in [0.1, 0.15) is 5.82 Å². The topological polar surface area (TPSA) is 124 Å². The predicted molar refractivity (Wildman–Crippen MR) is 102 cm³/mol. The number of nitrogens with one attached hydrogen (secondary N) is 1. The third kappa shape index (κ3) is 4.47. The van der Waals surface area contributed by atoms with Gasteiger partial charge < -0.3 is 16.8 Å². The van der Waals surface area contributed by atoms with Gasteiger partial charge in [0, 0.05) is 13.0 Å². The highest BCUT2D eigenvalue weighted by Crippen LogP contribution is 2.15. The molecule has 0 aliphatic heterocycles. The average Bonchev–Trinajstić information content (AvgIpc) is 2.69. The van der Waals surface area contributed by atoms with Crippen molar-refractivity contribution in [2.24, 2.45) is 5.73 Å². The standard InChI is InChI=1S/C20H18FN5O2/c21-16-7-6-13(8-14-11-24-18(22)17(26-14)19(23)27)9-15(16)20(28)25-10-12-4-2-1-3-5-12/h1-7,9,11H,8,10H2,(H2,22,24)(H2,23,27)(H,25,28). The zero-order valence-electron chi connectivity index (χ0n) is 14.9. The molecule has 1 heterocycles. The molecular weight excluding hydrogens is 361 g/mol. The summed E-state index contributed by atoms with van der Waals surface area (Å²) < 4.78 is 14.1. The lowest BCUT2D eigenvalue weighted by Crippen LogP contribution is -2.24. The number of hydrogen-bond acceptors (Lipinski definition) is 5. The second kappa shape index (κ2) is 8.26. The molecule has 28 heavy (non-hydrogen) atoms. The number of benzene rings is 2. The second-order valence-corrected chi connectivity index (χ2v) is 6.12. The van der Waals surface area contributed by atoms with Gasteiger partial charge in [0.2, 0.25) is 0 Å². The first-order valence-electron chi connectivity index (χ1n) is 8.46. The van der Waals surface area contributed by atoms with Crippen LogP contribution in [0.4, 0.5) is 10.2 Å². The molecule has 5 N–H and O–H groups in total. The zero-order chi connectivity index (χ0) is 20.1. The number of nitrogen functional groups attached to an aromatic ring is 1. The Kier molecular flexibility index (Phi) is 5.59. The van der Waals surface area contributed by atoms with Crippen molar-refractivity contribution in [3.05, 3.63) is 88.6 Å². The summed E-state index contributed by atoms with van der Waals surface area (Å²) in [5, 5.41) is 2.69. The molecule has 8 heteroatoms. The van der Waals surface area contributed by atoms with E-state index < -0.39 is 17.6 Å². The van der Waals surface area contributed by atoms with Crippen LogP contribution in [0.3, 0.4) is 0 Å². The Bertz CT molecular complexity index is 1020. The van der Waals surface area contributed by atoms with Crippen molar-refractivity contribution in [3.63, 3.8) is 0 Å². The molecule has 3 rings (SSSR count). The van der Waals surface area contributed by atoms with Crippen molar-refractivity contribution >= 4 is 17.6 Å². The normalized spacial score (nSPS) is 10.5. The summed E-state index contributed by atoms with van der Waals surface area (Å²) in [6, 6.07) is 13.5. The molecular formula is C20H18FN5O2. The molecule has 0 bridgehead atoms. The quantitative estimate of drug-likeness (QED) is 0.603. The molecule has 0 aliphatic carbocycles. The number of anilines is 1. The first kappa shape index (κ1) is 19.0. The van der Waals surface area contributed by atoms with Crippen molar-refractivity contribution in [2.75, 3.05) is 5.73 Å². The van der Waals surface area contributed by atoms with Gasteiger partial charge in [-0.25, -0.2) is 14.4 Å². The first-order valence-corrected chi connectivity index (χ1v) is 8.46. The maximum Gasteiger partial charge on any atom is 0.271 e. The molecule has 2 aromatic carbocycles. The van der Waals surface area contributed by atoms with Crippen LogP contribution in [0, 0.1) is 5.82 Å².